The molecule has 1 heterocycles. The molecular weight excluding hydrogens is 477 g/mol. The molecule has 1 aromatic rings. The van der Waals surface area contributed by atoms with E-state index in [1.807, 2.05) is 0 Å². The van der Waals surface area contributed by atoms with E-state index in [4.69, 9.17) is 14.2 Å². The van der Waals surface area contributed by atoms with Crippen molar-refractivity contribution in [2.24, 2.45) is 0 Å². The summed E-state index contributed by atoms with van der Waals surface area (Å²) in [5, 5.41) is 20.1. The van der Waals surface area contributed by atoms with Gasteiger partial charge in [0.15, 0.2) is 6.29 Å². The molecule has 0 unspecified atom stereocenters. The Morgan fingerprint density at radius 1 is 1.15 bits per heavy atom. The second kappa shape index (κ2) is 11.5. The average molecular weight is 500 g/mol. The van der Waals surface area contributed by atoms with Gasteiger partial charge in [-0.25, -0.2) is 4.39 Å². The minimum Gasteiger partial charge on any atom is -0.388 e. The maximum absolute atomic E-state index is 13.1. The number of allylic oxidation sites excluding steroid dienone is 4. The highest BCUT2D eigenvalue weighted by Gasteiger charge is 2.41. The molecule has 2 rings (SSSR count). The third-order valence-corrected chi connectivity index (χ3v) is 4.70. The SMILES string of the molecule is C=C(/C=C(\C=C\[C@@H](C)O[C@H]1OC[C@H](O)[C@H](O)[C@H]1OCc1ccc(F)cc1)C(F)(F)F)C(F)(F)F. The van der Waals surface area contributed by atoms with Crippen molar-refractivity contribution in [3.63, 3.8) is 0 Å². The molecule has 0 aliphatic carbocycles. The Kier molecular flexibility index (Phi) is 9.43. The topological polar surface area (TPSA) is 68.2 Å². The Labute approximate surface area is 190 Å². The molecule has 5 nitrogen and oxygen atoms in total. The van der Waals surface area contributed by atoms with Crippen molar-refractivity contribution in [2.45, 2.75) is 56.6 Å². The molecule has 5 atom stereocenters. The van der Waals surface area contributed by atoms with Gasteiger partial charge in [0.2, 0.25) is 0 Å². The van der Waals surface area contributed by atoms with Crippen LogP contribution in [0, 0.1) is 5.82 Å². The van der Waals surface area contributed by atoms with Crippen molar-refractivity contribution < 1.29 is 55.2 Å². The van der Waals surface area contributed by atoms with Crippen LogP contribution in [0.1, 0.15) is 12.5 Å². The lowest BCUT2D eigenvalue weighted by atomic mass is 10.0. The lowest BCUT2D eigenvalue weighted by Crippen LogP contribution is -2.55. The van der Waals surface area contributed by atoms with Crippen LogP contribution in [0.15, 0.2) is 60.2 Å². The Morgan fingerprint density at radius 2 is 1.76 bits per heavy atom. The second-order valence-corrected chi connectivity index (χ2v) is 7.48. The molecule has 1 fully saturated rings. The molecule has 1 saturated heterocycles. The predicted octanol–water partition coefficient (Wildman–Crippen LogP) is 4.36. The fraction of sp³-hybridized carbons (Fsp3) is 0.455. The van der Waals surface area contributed by atoms with Crippen LogP contribution in [0.2, 0.25) is 0 Å². The van der Waals surface area contributed by atoms with E-state index in [1.54, 1.807) is 0 Å². The summed E-state index contributed by atoms with van der Waals surface area (Å²) < 4.78 is 106. The molecule has 34 heavy (non-hydrogen) atoms. The molecule has 0 amide bonds. The zero-order chi connectivity index (χ0) is 25.7. The van der Waals surface area contributed by atoms with E-state index in [9.17, 15) is 40.9 Å². The standard InChI is InChI=1S/C22H23F7O5/c1-12(21(24,25)26)9-15(22(27,28)29)6-3-13(2)34-20-19(18(31)17(30)11-33-20)32-10-14-4-7-16(23)8-5-14/h3-9,13,17-20,30-31H,1,10-11H2,2H3/b6-3+,15-9+/t13-,17+,18+,19-,20-/m1/s1. The molecule has 0 spiro atoms. The first-order chi connectivity index (χ1) is 15.7. The molecule has 0 aromatic heterocycles. The second-order valence-electron chi connectivity index (χ2n) is 7.48. The van der Waals surface area contributed by atoms with Gasteiger partial charge in [-0.15, -0.1) is 0 Å². The van der Waals surface area contributed by atoms with Gasteiger partial charge in [-0.3, -0.25) is 0 Å². The van der Waals surface area contributed by atoms with Crippen molar-refractivity contribution in [1.82, 2.24) is 0 Å². The Bertz CT molecular complexity index is 877. The molecule has 2 N–H and O–H groups in total. The number of ether oxygens (including phenoxy) is 3. The van der Waals surface area contributed by atoms with Gasteiger partial charge in [-0.2, -0.15) is 26.3 Å². The fourth-order valence-corrected chi connectivity index (χ4v) is 2.82. The van der Waals surface area contributed by atoms with E-state index in [-0.39, 0.29) is 19.3 Å². The number of halogens is 7. The summed E-state index contributed by atoms with van der Waals surface area (Å²) in [6, 6.07) is 5.20. The maximum Gasteiger partial charge on any atom is 0.416 e. The number of rotatable bonds is 8. The minimum atomic E-state index is -5.09. The third kappa shape index (κ3) is 8.20. The highest BCUT2D eigenvalue weighted by Crippen LogP contribution is 2.32. The van der Waals surface area contributed by atoms with E-state index in [0.29, 0.717) is 11.6 Å². The highest BCUT2D eigenvalue weighted by molar-refractivity contribution is 5.34. The van der Waals surface area contributed by atoms with Gasteiger partial charge in [0, 0.05) is 5.57 Å². The van der Waals surface area contributed by atoms with Gasteiger partial charge in [0.25, 0.3) is 0 Å². The monoisotopic (exact) mass is 500 g/mol. The zero-order valence-corrected chi connectivity index (χ0v) is 17.8. The summed E-state index contributed by atoms with van der Waals surface area (Å²) in [6.07, 6.45) is -15.5. The van der Waals surface area contributed by atoms with E-state index < -0.39 is 60.0 Å². The first-order valence-electron chi connectivity index (χ1n) is 9.91. The predicted molar refractivity (Wildman–Crippen MR) is 106 cm³/mol. The molecule has 1 aliphatic heterocycles. The first-order valence-corrected chi connectivity index (χ1v) is 9.91. The van der Waals surface area contributed by atoms with Gasteiger partial charge < -0.3 is 24.4 Å². The molecule has 0 bridgehead atoms. The summed E-state index contributed by atoms with van der Waals surface area (Å²) in [5.74, 6) is -0.479. The van der Waals surface area contributed by atoms with Crippen LogP contribution < -0.4 is 0 Å². The summed E-state index contributed by atoms with van der Waals surface area (Å²) in [6.45, 7) is 3.39. The molecule has 1 aliphatic rings. The summed E-state index contributed by atoms with van der Waals surface area (Å²) in [5.41, 5.74) is -2.76. The third-order valence-electron chi connectivity index (χ3n) is 4.70. The van der Waals surface area contributed by atoms with E-state index in [2.05, 4.69) is 6.58 Å². The van der Waals surface area contributed by atoms with Crippen LogP contribution in [0.3, 0.4) is 0 Å². The van der Waals surface area contributed by atoms with Crippen molar-refractivity contribution in [3.05, 3.63) is 71.6 Å². The van der Waals surface area contributed by atoms with E-state index in [1.165, 1.54) is 31.2 Å². The summed E-state index contributed by atoms with van der Waals surface area (Å²) >= 11 is 0. The Morgan fingerprint density at radius 3 is 2.32 bits per heavy atom. The summed E-state index contributed by atoms with van der Waals surface area (Å²) in [4.78, 5) is 0. The molecule has 0 radical (unpaired) electrons. The smallest absolute Gasteiger partial charge is 0.388 e. The largest absolute Gasteiger partial charge is 0.416 e. The molecule has 190 valence electrons. The zero-order valence-electron chi connectivity index (χ0n) is 17.8. The number of aliphatic hydroxyl groups is 2. The first kappa shape index (κ1) is 28.0. The van der Waals surface area contributed by atoms with Crippen LogP contribution in [0.25, 0.3) is 0 Å². The number of hydrogen-bond acceptors (Lipinski definition) is 5. The lowest BCUT2D eigenvalue weighted by Gasteiger charge is -2.38. The molecule has 12 heteroatoms. The van der Waals surface area contributed by atoms with E-state index in [0.717, 1.165) is 6.08 Å². The van der Waals surface area contributed by atoms with Gasteiger partial charge in [0.1, 0.15) is 24.1 Å². The average Bonchev–Trinajstić information content (AvgIpc) is 2.73. The number of benzene rings is 1. The van der Waals surface area contributed by atoms with Gasteiger partial charge in [-0.05, 0) is 30.7 Å². The van der Waals surface area contributed by atoms with E-state index >= 15 is 0 Å². The van der Waals surface area contributed by atoms with Crippen molar-refractivity contribution in [2.75, 3.05) is 6.61 Å². The highest BCUT2D eigenvalue weighted by atomic mass is 19.4. The number of hydrogen-bond donors (Lipinski definition) is 2. The van der Waals surface area contributed by atoms with Gasteiger partial charge >= 0.3 is 12.4 Å². The van der Waals surface area contributed by atoms with Crippen LogP contribution in [0.4, 0.5) is 30.7 Å². The molecule has 0 saturated carbocycles. The Hall–Kier alpha value is -2.25. The Balaban J connectivity index is 2.11. The lowest BCUT2D eigenvalue weighted by molar-refractivity contribution is -0.289. The fourth-order valence-electron chi connectivity index (χ4n) is 2.82. The van der Waals surface area contributed by atoms with Crippen LogP contribution in [0.5, 0.6) is 0 Å². The van der Waals surface area contributed by atoms with Gasteiger partial charge in [-0.1, -0.05) is 30.9 Å². The molecular formula is C22H23F7O5. The van der Waals surface area contributed by atoms with Crippen molar-refractivity contribution >= 4 is 0 Å². The number of aliphatic hydroxyl groups excluding tert-OH is 2. The number of alkyl halides is 6. The van der Waals surface area contributed by atoms with Crippen molar-refractivity contribution in [3.8, 4) is 0 Å². The van der Waals surface area contributed by atoms with Crippen LogP contribution >= 0.6 is 0 Å². The normalized spacial score (nSPS) is 25.5. The maximum atomic E-state index is 13.1. The van der Waals surface area contributed by atoms with Crippen LogP contribution in [-0.2, 0) is 20.8 Å². The van der Waals surface area contributed by atoms with Crippen LogP contribution in [-0.4, -0.2) is 59.9 Å². The molecule has 1 aromatic carbocycles. The van der Waals surface area contributed by atoms with Gasteiger partial charge in [0.05, 0.1) is 24.9 Å². The van der Waals surface area contributed by atoms with Crippen molar-refractivity contribution in [1.29, 1.82) is 0 Å². The summed E-state index contributed by atoms with van der Waals surface area (Å²) in [7, 11) is 0. The minimum absolute atomic E-state index is 0.130. The quantitative estimate of drug-likeness (QED) is 0.410.